The minimum Gasteiger partial charge on any atom is -0.508 e. The molecule has 0 aliphatic carbocycles. The fraction of sp³-hybridized carbons (Fsp3) is 0.333. The Bertz CT molecular complexity index is 1280. The van der Waals surface area contributed by atoms with Gasteiger partial charge in [0.15, 0.2) is 0 Å². The second kappa shape index (κ2) is 11.8. The Labute approximate surface area is 227 Å². The SMILES string of the molecule is CCOc1ccc(C2=C(c3ccc(O[C@H]4CCN(CCCF)C4)cc3)c3ccc(O)cc3SC2)c(Cl)c1. The molecule has 3 aromatic carbocycles. The Morgan fingerprint density at radius 3 is 2.59 bits per heavy atom. The minimum absolute atomic E-state index is 0.123. The van der Waals surface area contributed by atoms with Gasteiger partial charge in [0, 0.05) is 30.3 Å². The van der Waals surface area contributed by atoms with Crippen LogP contribution in [0, 0.1) is 0 Å². The fourth-order valence-corrected chi connectivity index (χ4v) is 6.45. The van der Waals surface area contributed by atoms with Crippen molar-refractivity contribution < 1.29 is 19.0 Å². The molecule has 0 spiro atoms. The molecule has 0 amide bonds. The first-order valence-corrected chi connectivity index (χ1v) is 14.1. The number of benzene rings is 3. The highest BCUT2D eigenvalue weighted by Crippen LogP contribution is 2.47. The van der Waals surface area contributed by atoms with Crippen LogP contribution in [0.15, 0.2) is 65.6 Å². The average molecular weight is 540 g/mol. The molecule has 2 aliphatic rings. The van der Waals surface area contributed by atoms with Crippen LogP contribution in [-0.2, 0) is 0 Å². The highest BCUT2D eigenvalue weighted by atomic mass is 35.5. The molecular weight excluding hydrogens is 509 g/mol. The summed E-state index contributed by atoms with van der Waals surface area (Å²) in [6.45, 7) is 4.83. The molecule has 1 saturated heterocycles. The molecule has 37 heavy (non-hydrogen) atoms. The maximum Gasteiger partial charge on any atom is 0.120 e. The van der Waals surface area contributed by atoms with Gasteiger partial charge in [0.05, 0.1) is 18.3 Å². The minimum atomic E-state index is -0.273. The fourth-order valence-electron chi connectivity index (χ4n) is 5.03. The number of nitrogens with zero attached hydrogens (tertiary/aromatic N) is 1. The molecular formula is C30H31ClFNO3S. The lowest BCUT2D eigenvalue weighted by Crippen LogP contribution is -2.26. The summed E-state index contributed by atoms with van der Waals surface area (Å²) in [5.74, 6) is 2.57. The summed E-state index contributed by atoms with van der Waals surface area (Å²) in [6.07, 6.45) is 1.65. The molecule has 4 nitrogen and oxygen atoms in total. The van der Waals surface area contributed by atoms with Gasteiger partial charge in [-0.3, -0.25) is 9.29 Å². The number of phenols is 1. The molecule has 5 rings (SSSR count). The number of phenolic OH excluding ortho intramolecular Hbond substituents is 1. The van der Waals surface area contributed by atoms with E-state index in [-0.39, 0.29) is 18.5 Å². The molecule has 1 atom stereocenters. The van der Waals surface area contributed by atoms with Crippen LogP contribution in [0.1, 0.15) is 36.5 Å². The average Bonchev–Trinajstić information content (AvgIpc) is 3.35. The van der Waals surface area contributed by atoms with Crippen LogP contribution in [0.25, 0.3) is 11.1 Å². The molecule has 1 N–H and O–H groups in total. The van der Waals surface area contributed by atoms with Gasteiger partial charge in [0.25, 0.3) is 0 Å². The van der Waals surface area contributed by atoms with E-state index >= 15 is 0 Å². The van der Waals surface area contributed by atoms with Crippen LogP contribution in [0.4, 0.5) is 4.39 Å². The standard InChI is InChI=1S/C30H31ClFNO3S/c1-2-35-23-9-11-25(28(31)17-23)27-19-37-29-16-21(34)6-10-26(29)30(27)20-4-7-22(8-5-20)36-24-12-15-33(18-24)14-3-13-32/h4-11,16-17,24,34H,2-3,12-15,18-19H2,1H3/t24-/m0/s1. The number of alkyl halides is 1. The predicted octanol–water partition coefficient (Wildman–Crippen LogP) is 7.32. The highest BCUT2D eigenvalue weighted by Gasteiger charge is 2.25. The molecule has 1 fully saturated rings. The van der Waals surface area contributed by atoms with Crippen molar-refractivity contribution in [3.8, 4) is 17.2 Å². The number of thioether (sulfide) groups is 1. The van der Waals surface area contributed by atoms with E-state index in [1.54, 1.807) is 17.8 Å². The lowest BCUT2D eigenvalue weighted by molar-refractivity contribution is 0.198. The lowest BCUT2D eigenvalue weighted by atomic mass is 9.89. The molecule has 0 saturated carbocycles. The number of halogens is 2. The van der Waals surface area contributed by atoms with Gasteiger partial charge in [-0.1, -0.05) is 23.7 Å². The Morgan fingerprint density at radius 1 is 1.05 bits per heavy atom. The van der Waals surface area contributed by atoms with E-state index in [0.717, 1.165) is 76.0 Å². The summed E-state index contributed by atoms with van der Waals surface area (Å²) in [5, 5.41) is 10.7. The first kappa shape index (κ1) is 26.0. The van der Waals surface area contributed by atoms with Gasteiger partial charge in [0.1, 0.15) is 23.4 Å². The first-order chi connectivity index (χ1) is 18.1. The zero-order valence-corrected chi connectivity index (χ0v) is 22.5. The van der Waals surface area contributed by atoms with Gasteiger partial charge in [-0.25, -0.2) is 0 Å². The molecule has 7 heteroatoms. The van der Waals surface area contributed by atoms with E-state index in [9.17, 15) is 9.50 Å². The van der Waals surface area contributed by atoms with Crippen LogP contribution in [0.3, 0.4) is 0 Å². The summed E-state index contributed by atoms with van der Waals surface area (Å²) in [6, 6.07) is 19.6. The lowest BCUT2D eigenvalue weighted by Gasteiger charge is -2.25. The Hall–Kier alpha value is -2.67. The topological polar surface area (TPSA) is 41.9 Å². The summed E-state index contributed by atoms with van der Waals surface area (Å²) in [5.41, 5.74) is 5.36. The van der Waals surface area contributed by atoms with E-state index in [1.165, 1.54) is 0 Å². The zero-order valence-electron chi connectivity index (χ0n) is 20.9. The highest BCUT2D eigenvalue weighted by molar-refractivity contribution is 7.99. The second-order valence-electron chi connectivity index (χ2n) is 9.29. The van der Waals surface area contributed by atoms with Crippen molar-refractivity contribution in [3.05, 3.63) is 82.4 Å². The number of rotatable bonds is 9. The van der Waals surface area contributed by atoms with Crippen LogP contribution < -0.4 is 9.47 Å². The molecule has 2 aliphatic heterocycles. The molecule has 0 unspecified atom stereocenters. The first-order valence-electron chi connectivity index (χ1n) is 12.7. The van der Waals surface area contributed by atoms with Crippen LogP contribution in [0.2, 0.25) is 5.02 Å². The third-order valence-electron chi connectivity index (χ3n) is 6.77. The number of likely N-dealkylation sites (tertiary alicyclic amines) is 1. The Morgan fingerprint density at radius 2 is 1.84 bits per heavy atom. The number of aromatic hydroxyl groups is 1. The van der Waals surface area contributed by atoms with E-state index in [0.29, 0.717) is 18.1 Å². The number of fused-ring (bicyclic) bond motifs is 1. The quantitative estimate of drug-likeness (QED) is 0.308. The zero-order chi connectivity index (χ0) is 25.8. The van der Waals surface area contributed by atoms with Crippen molar-refractivity contribution in [2.24, 2.45) is 0 Å². The Balaban J connectivity index is 1.46. The molecule has 0 radical (unpaired) electrons. The van der Waals surface area contributed by atoms with Crippen molar-refractivity contribution >= 4 is 34.5 Å². The smallest absolute Gasteiger partial charge is 0.120 e. The van der Waals surface area contributed by atoms with Gasteiger partial charge in [-0.15, -0.1) is 11.8 Å². The normalized spacial score (nSPS) is 17.6. The second-order valence-corrected chi connectivity index (χ2v) is 10.7. The third kappa shape index (κ3) is 5.92. The summed E-state index contributed by atoms with van der Waals surface area (Å²) >= 11 is 8.46. The van der Waals surface area contributed by atoms with Gasteiger partial charge >= 0.3 is 0 Å². The number of hydrogen-bond acceptors (Lipinski definition) is 5. The van der Waals surface area contributed by atoms with E-state index in [2.05, 4.69) is 17.0 Å². The van der Waals surface area contributed by atoms with Crippen molar-refractivity contribution in [3.63, 3.8) is 0 Å². The summed E-state index contributed by atoms with van der Waals surface area (Å²) < 4.78 is 24.4. The van der Waals surface area contributed by atoms with Gasteiger partial charge in [-0.05, 0) is 96.1 Å². The van der Waals surface area contributed by atoms with Gasteiger partial charge in [0.2, 0.25) is 0 Å². The maximum absolute atomic E-state index is 12.5. The number of ether oxygens (including phenoxy) is 2. The van der Waals surface area contributed by atoms with Crippen molar-refractivity contribution in [1.29, 1.82) is 0 Å². The number of hydrogen-bond donors (Lipinski definition) is 1. The third-order valence-corrected chi connectivity index (χ3v) is 8.16. The molecule has 194 valence electrons. The van der Waals surface area contributed by atoms with Crippen molar-refractivity contribution in [1.82, 2.24) is 4.90 Å². The predicted molar refractivity (Wildman–Crippen MR) is 150 cm³/mol. The van der Waals surface area contributed by atoms with E-state index in [4.69, 9.17) is 21.1 Å². The van der Waals surface area contributed by atoms with Gasteiger partial charge < -0.3 is 14.6 Å². The monoisotopic (exact) mass is 539 g/mol. The maximum atomic E-state index is 12.5. The summed E-state index contributed by atoms with van der Waals surface area (Å²) in [4.78, 5) is 3.31. The van der Waals surface area contributed by atoms with Gasteiger partial charge in [-0.2, -0.15) is 0 Å². The summed E-state index contributed by atoms with van der Waals surface area (Å²) in [7, 11) is 0. The molecule has 2 heterocycles. The molecule has 0 bridgehead atoms. The van der Waals surface area contributed by atoms with Crippen molar-refractivity contribution in [2.45, 2.75) is 30.8 Å². The van der Waals surface area contributed by atoms with Crippen LogP contribution >= 0.6 is 23.4 Å². The Kier molecular flexibility index (Phi) is 8.28. The molecule has 3 aromatic rings. The van der Waals surface area contributed by atoms with E-state index < -0.39 is 0 Å². The van der Waals surface area contributed by atoms with E-state index in [1.807, 2.05) is 49.4 Å². The van der Waals surface area contributed by atoms with Crippen LogP contribution in [0.5, 0.6) is 17.2 Å². The van der Waals surface area contributed by atoms with Crippen LogP contribution in [-0.4, -0.2) is 54.8 Å². The van der Waals surface area contributed by atoms with Crippen molar-refractivity contribution in [2.75, 3.05) is 38.7 Å². The largest absolute Gasteiger partial charge is 0.508 e. The molecule has 0 aromatic heterocycles.